The van der Waals surface area contributed by atoms with Crippen LogP contribution in [-0.2, 0) is 0 Å². The van der Waals surface area contributed by atoms with Gasteiger partial charge < -0.3 is 9.31 Å². The summed E-state index contributed by atoms with van der Waals surface area (Å²) in [4.78, 5) is 0. The van der Waals surface area contributed by atoms with E-state index < -0.39 is 0 Å². The second-order valence-electron chi connectivity index (χ2n) is 2.86. The molecular weight excluding hydrogens is 151 g/mol. The van der Waals surface area contributed by atoms with E-state index in [0.29, 0.717) is 0 Å². The zero-order valence-electron chi connectivity index (χ0n) is 6.91. The summed E-state index contributed by atoms with van der Waals surface area (Å²) >= 11 is 0. The monoisotopic (exact) mass is 160 g/mol. The Kier molecular flexibility index (Phi) is 1.57. The van der Waals surface area contributed by atoms with Crippen LogP contribution in [0.3, 0.4) is 0 Å². The molecule has 1 heterocycles. The van der Waals surface area contributed by atoms with Gasteiger partial charge in [0.2, 0.25) is 0 Å². The van der Waals surface area contributed by atoms with Crippen molar-refractivity contribution in [1.82, 2.24) is 0 Å². The van der Waals surface area contributed by atoms with Gasteiger partial charge in [-0.2, -0.15) is 0 Å². The van der Waals surface area contributed by atoms with Crippen LogP contribution in [0.25, 0.3) is 0 Å². The van der Waals surface area contributed by atoms with Crippen LogP contribution in [0.4, 0.5) is 0 Å². The molecule has 0 aromatic heterocycles. The standard InChI is InChI=1S/C9H9BO2/c1-7(2)10-11-8-5-3-4-6-9(8)12-10/h3-6H,1H2,2H3. The lowest BCUT2D eigenvalue weighted by Crippen LogP contribution is -2.25. The van der Waals surface area contributed by atoms with Gasteiger partial charge in [-0.1, -0.05) is 12.1 Å². The molecule has 60 valence electrons. The molecule has 1 aromatic rings. The van der Waals surface area contributed by atoms with Gasteiger partial charge in [0.25, 0.3) is 0 Å². The lowest BCUT2D eigenvalue weighted by atomic mass is 9.81. The summed E-state index contributed by atoms with van der Waals surface area (Å²) in [6, 6.07) is 7.61. The summed E-state index contributed by atoms with van der Waals surface area (Å²) in [6.45, 7) is 5.66. The number of rotatable bonds is 1. The van der Waals surface area contributed by atoms with Crippen molar-refractivity contribution in [2.75, 3.05) is 0 Å². The molecule has 0 spiro atoms. The number of hydrogen-bond donors (Lipinski definition) is 0. The van der Waals surface area contributed by atoms with Crippen molar-refractivity contribution in [2.45, 2.75) is 6.92 Å². The minimum atomic E-state index is -0.303. The highest BCUT2D eigenvalue weighted by molar-refractivity contribution is 6.56. The summed E-state index contributed by atoms with van der Waals surface area (Å²) in [5, 5.41) is 0. The molecule has 0 amide bonds. The van der Waals surface area contributed by atoms with Gasteiger partial charge >= 0.3 is 7.12 Å². The fraction of sp³-hybridized carbons (Fsp3) is 0.111. The van der Waals surface area contributed by atoms with E-state index in [2.05, 4.69) is 6.58 Å². The molecule has 0 aliphatic carbocycles. The van der Waals surface area contributed by atoms with Gasteiger partial charge in [-0.3, -0.25) is 0 Å². The molecule has 12 heavy (non-hydrogen) atoms. The molecule has 0 saturated heterocycles. The summed E-state index contributed by atoms with van der Waals surface area (Å²) in [5.74, 6) is 1.59. The SMILES string of the molecule is C=C(C)B1Oc2ccccc2O1. The van der Waals surface area contributed by atoms with Crippen LogP contribution in [0.5, 0.6) is 11.5 Å². The average molecular weight is 160 g/mol. The minimum absolute atomic E-state index is 0.303. The second-order valence-corrected chi connectivity index (χ2v) is 2.86. The zero-order chi connectivity index (χ0) is 8.55. The topological polar surface area (TPSA) is 18.5 Å². The average Bonchev–Trinajstić information content (AvgIpc) is 2.46. The molecule has 2 rings (SSSR count). The van der Waals surface area contributed by atoms with Crippen molar-refractivity contribution in [2.24, 2.45) is 0 Å². The summed E-state index contributed by atoms with van der Waals surface area (Å²) in [7, 11) is -0.303. The lowest BCUT2D eigenvalue weighted by Gasteiger charge is -2.01. The Morgan fingerprint density at radius 3 is 2.17 bits per heavy atom. The van der Waals surface area contributed by atoms with Crippen LogP contribution in [0, 0.1) is 0 Å². The largest absolute Gasteiger partial charge is 0.627 e. The smallest absolute Gasteiger partial charge is 0.519 e. The molecule has 0 bridgehead atoms. The molecule has 0 N–H and O–H groups in total. The summed E-state index contributed by atoms with van der Waals surface area (Å²) in [5.41, 5.74) is 0.881. The third kappa shape index (κ3) is 1.07. The van der Waals surface area contributed by atoms with Gasteiger partial charge in [0.15, 0.2) is 0 Å². The van der Waals surface area contributed by atoms with Gasteiger partial charge in [-0.15, -0.1) is 6.58 Å². The molecular formula is C9H9BO2. The Morgan fingerprint density at radius 1 is 1.25 bits per heavy atom. The molecule has 0 fully saturated rings. The lowest BCUT2D eigenvalue weighted by molar-refractivity contribution is 0.512. The van der Waals surface area contributed by atoms with Crippen LogP contribution in [0.15, 0.2) is 36.3 Å². The van der Waals surface area contributed by atoms with Crippen molar-refractivity contribution in [3.8, 4) is 11.5 Å². The van der Waals surface area contributed by atoms with E-state index in [9.17, 15) is 0 Å². The normalized spacial score (nSPS) is 13.2. The molecule has 0 atom stereocenters. The Morgan fingerprint density at radius 2 is 1.75 bits per heavy atom. The Bertz CT molecular complexity index is 297. The second kappa shape index (κ2) is 2.59. The molecule has 3 heteroatoms. The zero-order valence-corrected chi connectivity index (χ0v) is 6.91. The van der Waals surface area contributed by atoms with Gasteiger partial charge in [0, 0.05) is 0 Å². The first-order valence-electron chi connectivity index (χ1n) is 3.85. The van der Waals surface area contributed by atoms with Crippen LogP contribution in [0.2, 0.25) is 0 Å². The molecule has 1 aliphatic heterocycles. The van der Waals surface area contributed by atoms with Gasteiger partial charge in [-0.25, -0.2) is 0 Å². The molecule has 1 aliphatic rings. The van der Waals surface area contributed by atoms with E-state index in [1.165, 1.54) is 0 Å². The van der Waals surface area contributed by atoms with E-state index >= 15 is 0 Å². The van der Waals surface area contributed by atoms with E-state index in [1.54, 1.807) is 0 Å². The third-order valence-corrected chi connectivity index (χ3v) is 1.72. The van der Waals surface area contributed by atoms with Crippen LogP contribution < -0.4 is 9.31 Å². The first-order valence-corrected chi connectivity index (χ1v) is 3.85. The number of benzene rings is 1. The number of fused-ring (bicyclic) bond motifs is 1. The molecule has 0 saturated carbocycles. The van der Waals surface area contributed by atoms with Gasteiger partial charge in [0.05, 0.1) is 0 Å². The van der Waals surface area contributed by atoms with Crippen LogP contribution in [-0.4, -0.2) is 7.12 Å². The maximum absolute atomic E-state index is 5.45. The van der Waals surface area contributed by atoms with Crippen molar-refractivity contribution in [1.29, 1.82) is 0 Å². The predicted octanol–water partition coefficient (Wildman–Crippen LogP) is 2.06. The quantitative estimate of drug-likeness (QED) is 0.585. The summed E-state index contributed by atoms with van der Waals surface area (Å²) in [6.07, 6.45) is 0. The van der Waals surface area contributed by atoms with Crippen molar-refractivity contribution < 1.29 is 9.31 Å². The van der Waals surface area contributed by atoms with E-state index in [1.807, 2.05) is 31.2 Å². The first kappa shape index (κ1) is 7.28. The highest BCUT2D eigenvalue weighted by Crippen LogP contribution is 2.33. The maximum Gasteiger partial charge on any atom is 0.627 e. The third-order valence-electron chi connectivity index (χ3n) is 1.72. The number of allylic oxidation sites excluding steroid dienone is 1. The van der Waals surface area contributed by atoms with E-state index in [-0.39, 0.29) is 7.12 Å². The fourth-order valence-corrected chi connectivity index (χ4v) is 1.10. The van der Waals surface area contributed by atoms with Crippen LogP contribution in [0.1, 0.15) is 6.92 Å². The van der Waals surface area contributed by atoms with Crippen LogP contribution >= 0.6 is 0 Å². The molecule has 2 nitrogen and oxygen atoms in total. The van der Waals surface area contributed by atoms with Crippen molar-refractivity contribution >= 4 is 7.12 Å². The van der Waals surface area contributed by atoms with Gasteiger partial charge in [-0.05, 0) is 24.5 Å². The van der Waals surface area contributed by atoms with Gasteiger partial charge in [0.1, 0.15) is 11.5 Å². The highest BCUT2D eigenvalue weighted by Gasteiger charge is 2.32. The van der Waals surface area contributed by atoms with Crippen molar-refractivity contribution in [3.05, 3.63) is 36.3 Å². The Balaban J connectivity index is 2.27. The molecule has 0 radical (unpaired) electrons. The predicted molar refractivity (Wildman–Crippen MR) is 48.3 cm³/mol. The highest BCUT2D eigenvalue weighted by atomic mass is 16.6. The first-order chi connectivity index (χ1) is 5.77. The van der Waals surface area contributed by atoms with E-state index in [0.717, 1.165) is 17.0 Å². The maximum atomic E-state index is 5.45. The fourth-order valence-electron chi connectivity index (χ4n) is 1.10. The summed E-state index contributed by atoms with van der Waals surface area (Å²) < 4.78 is 10.9. The Labute approximate surface area is 72.0 Å². The minimum Gasteiger partial charge on any atom is -0.519 e. The number of para-hydroxylation sites is 2. The Hall–Kier alpha value is -1.38. The molecule has 0 unspecified atom stereocenters. The molecule has 1 aromatic carbocycles. The number of hydrogen-bond acceptors (Lipinski definition) is 2. The van der Waals surface area contributed by atoms with E-state index in [4.69, 9.17) is 9.31 Å². The van der Waals surface area contributed by atoms with Crippen molar-refractivity contribution in [3.63, 3.8) is 0 Å².